The number of hydrogen-bond donors (Lipinski definition) is 1. The Bertz CT molecular complexity index is 1540. The number of rotatable bonds is 10. The lowest BCUT2D eigenvalue weighted by molar-refractivity contribution is -0.139. The van der Waals surface area contributed by atoms with Gasteiger partial charge < -0.3 is 19.7 Å². The van der Waals surface area contributed by atoms with Crippen LogP contribution in [0.4, 0.5) is 19.1 Å². The number of likely N-dealkylation sites (N-methyl/N-ethyl adjacent to an activating group) is 1. The fourth-order valence-corrected chi connectivity index (χ4v) is 6.00. The highest BCUT2D eigenvalue weighted by molar-refractivity contribution is 6.42. The van der Waals surface area contributed by atoms with Crippen molar-refractivity contribution in [2.75, 3.05) is 38.5 Å². The van der Waals surface area contributed by atoms with Gasteiger partial charge in [0.25, 0.3) is 5.91 Å². The Morgan fingerprint density at radius 2 is 1.72 bits per heavy atom. The number of hydrogen-bond acceptors (Lipinski definition) is 4. The van der Waals surface area contributed by atoms with E-state index in [0.717, 1.165) is 44.5 Å². The molecule has 5 rings (SSSR count). The number of imidazole rings is 1. The van der Waals surface area contributed by atoms with E-state index in [1.165, 1.54) is 4.57 Å². The van der Waals surface area contributed by atoms with Gasteiger partial charge in [0.15, 0.2) is 0 Å². The van der Waals surface area contributed by atoms with E-state index >= 15 is 0 Å². The summed E-state index contributed by atoms with van der Waals surface area (Å²) in [5.74, 6) is 0.238. The topological polar surface area (TPSA) is 53.4 Å². The van der Waals surface area contributed by atoms with Crippen LogP contribution in [0.1, 0.15) is 41.1 Å². The molecule has 1 fully saturated rings. The molecule has 1 amide bonds. The lowest BCUT2D eigenvalue weighted by Gasteiger charge is -2.34. The van der Waals surface area contributed by atoms with E-state index < -0.39 is 12.7 Å². The minimum Gasteiger partial charge on any atom is -0.353 e. The van der Waals surface area contributed by atoms with Gasteiger partial charge in [-0.2, -0.15) is 13.2 Å². The fourth-order valence-electron chi connectivity index (χ4n) is 5.69. The summed E-state index contributed by atoms with van der Waals surface area (Å²) in [6.45, 7) is 1.82. The predicted octanol–water partition coefficient (Wildman–Crippen LogP) is 7.73. The SMILES string of the molecule is CN(CC(CCN1CCC(Nc2nc3ccccc3n2CC(F)(F)F)CC1)c1ccc(Cl)c(Cl)c1)C(=O)c1ccccc1. The van der Waals surface area contributed by atoms with E-state index in [-0.39, 0.29) is 23.8 Å². The van der Waals surface area contributed by atoms with E-state index in [0.29, 0.717) is 33.2 Å². The zero-order valence-corrected chi connectivity index (χ0v) is 25.3. The number of nitrogens with zero attached hydrogens (tertiary/aromatic N) is 4. The summed E-state index contributed by atoms with van der Waals surface area (Å²) in [5.41, 5.74) is 2.65. The second-order valence-electron chi connectivity index (χ2n) is 11.1. The van der Waals surface area contributed by atoms with Crippen LogP contribution < -0.4 is 5.32 Å². The smallest absolute Gasteiger partial charge is 0.353 e. The molecular formula is C32H34Cl2F3N5O. The Hall–Kier alpha value is -3.27. The van der Waals surface area contributed by atoms with Crippen LogP contribution in [-0.4, -0.2) is 70.7 Å². The molecule has 1 atom stereocenters. The highest BCUT2D eigenvalue weighted by atomic mass is 35.5. The minimum atomic E-state index is -4.35. The van der Waals surface area contributed by atoms with Crippen LogP contribution in [0.5, 0.6) is 0 Å². The van der Waals surface area contributed by atoms with Crippen LogP contribution in [0, 0.1) is 0 Å². The van der Waals surface area contributed by atoms with Crippen molar-refractivity contribution in [2.45, 2.75) is 43.9 Å². The number of para-hydroxylation sites is 2. The normalized spacial score (nSPS) is 15.5. The second kappa shape index (κ2) is 13.6. The van der Waals surface area contributed by atoms with Crippen molar-refractivity contribution in [2.24, 2.45) is 0 Å². The van der Waals surface area contributed by atoms with Crippen LogP contribution in [-0.2, 0) is 6.54 Å². The second-order valence-corrected chi connectivity index (χ2v) is 11.9. The first-order chi connectivity index (χ1) is 20.6. The summed E-state index contributed by atoms with van der Waals surface area (Å²) in [6, 6.07) is 21.7. The number of amides is 1. The number of alkyl halides is 3. The number of carbonyl (C=O) groups excluding carboxylic acids is 1. The standard InChI is InChI=1S/C32H34Cl2F3N5O/c1-40(30(43)22-7-3-2-4-8-22)20-24(23-11-12-26(33)27(34)19-23)13-16-41-17-14-25(15-18-41)38-31-39-28-9-5-6-10-29(28)42(31)21-32(35,36)37/h2-12,19,24-25H,13-18,20-21H2,1H3,(H,38,39). The molecular weight excluding hydrogens is 598 g/mol. The zero-order chi connectivity index (χ0) is 30.6. The van der Waals surface area contributed by atoms with Crippen molar-refractivity contribution >= 4 is 46.1 Å². The molecule has 1 N–H and O–H groups in total. The molecule has 0 radical (unpaired) electrons. The van der Waals surface area contributed by atoms with Gasteiger partial charge in [-0.15, -0.1) is 0 Å². The number of likely N-dealkylation sites (tertiary alicyclic amines) is 1. The molecule has 2 heterocycles. The third-order valence-corrected chi connectivity index (χ3v) is 8.72. The number of nitrogens with one attached hydrogen (secondary N) is 1. The Kier molecular flexibility index (Phi) is 9.84. The molecule has 4 aromatic rings. The molecule has 0 aliphatic carbocycles. The van der Waals surface area contributed by atoms with Crippen molar-refractivity contribution in [1.82, 2.24) is 19.4 Å². The molecule has 43 heavy (non-hydrogen) atoms. The van der Waals surface area contributed by atoms with Gasteiger partial charge in [0.05, 0.1) is 21.1 Å². The third-order valence-electron chi connectivity index (χ3n) is 7.98. The van der Waals surface area contributed by atoms with E-state index in [4.69, 9.17) is 23.2 Å². The van der Waals surface area contributed by atoms with Gasteiger partial charge in [-0.25, -0.2) is 4.98 Å². The Morgan fingerprint density at radius 1 is 1.02 bits per heavy atom. The molecule has 6 nitrogen and oxygen atoms in total. The maximum atomic E-state index is 13.4. The zero-order valence-electron chi connectivity index (χ0n) is 23.8. The van der Waals surface area contributed by atoms with Crippen LogP contribution in [0.2, 0.25) is 10.0 Å². The average Bonchev–Trinajstić information content (AvgIpc) is 3.32. The fraction of sp³-hybridized carbons (Fsp3) is 0.375. The third kappa shape index (κ3) is 8.02. The van der Waals surface area contributed by atoms with E-state index in [1.54, 1.807) is 35.2 Å². The van der Waals surface area contributed by atoms with E-state index in [9.17, 15) is 18.0 Å². The summed E-state index contributed by atoms with van der Waals surface area (Å²) in [5, 5.41) is 4.25. The number of piperidine rings is 1. The quantitative estimate of drug-likeness (QED) is 0.195. The largest absolute Gasteiger partial charge is 0.406 e. The van der Waals surface area contributed by atoms with Crippen molar-refractivity contribution in [3.8, 4) is 0 Å². The molecule has 228 valence electrons. The Labute approximate surface area is 259 Å². The number of halogens is 5. The molecule has 1 aliphatic rings. The lowest BCUT2D eigenvalue weighted by atomic mass is 9.94. The number of anilines is 1. The van der Waals surface area contributed by atoms with Crippen molar-refractivity contribution < 1.29 is 18.0 Å². The molecule has 0 spiro atoms. The Morgan fingerprint density at radius 3 is 2.42 bits per heavy atom. The van der Waals surface area contributed by atoms with Crippen molar-refractivity contribution in [3.05, 3.63) is 94.0 Å². The van der Waals surface area contributed by atoms with Gasteiger partial charge in [-0.05, 0) is 67.8 Å². The minimum absolute atomic E-state index is 0.0144. The summed E-state index contributed by atoms with van der Waals surface area (Å²) >= 11 is 12.5. The van der Waals surface area contributed by atoms with Gasteiger partial charge in [0, 0.05) is 44.2 Å². The molecule has 0 bridgehead atoms. The van der Waals surface area contributed by atoms with Gasteiger partial charge in [-0.1, -0.05) is 59.6 Å². The first kappa shape index (κ1) is 31.2. The van der Waals surface area contributed by atoms with Crippen LogP contribution in [0.25, 0.3) is 11.0 Å². The van der Waals surface area contributed by atoms with Crippen LogP contribution in [0.15, 0.2) is 72.8 Å². The lowest BCUT2D eigenvalue weighted by Crippen LogP contribution is -2.41. The number of aromatic nitrogens is 2. The maximum absolute atomic E-state index is 13.4. The van der Waals surface area contributed by atoms with Crippen molar-refractivity contribution in [1.29, 1.82) is 0 Å². The highest BCUT2D eigenvalue weighted by Crippen LogP contribution is 2.30. The van der Waals surface area contributed by atoms with Crippen LogP contribution in [0.3, 0.4) is 0 Å². The predicted molar refractivity (Wildman–Crippen MR) is 166 cm³/mol. The Balaban J connectivity index is 1.21. The van der Waals surface area contributed by atoms with Gasteiger partial charge in [-0.3, -0.25) is 4.79 Å². The van der Waals surface area contributed by atoms with Gasteiger partial charge in [0.1, 0.15) is 6.54 Å². The van der Waals surface area contributed by atoms with Crippen molar-refractivity contribution in [3.63, 3.8) is 0 Å². The summed E-state index contributed by atoms with van der Waals surface area (Å²) < 4.78 is 41.3. The van der Waals surface area contributed by atoms with E-state index in [2.05, 4.69) is 15.2 Å². The molecule has 0 saturated carbocycles. The molecule has 1 aromatic heterocycles. The molecule has 3 aromatic carbocycles. The summed E-state index contributed by atoms with van der Waals surface area (Å²) in [7, 11) is 1.81. The molecule has 1 unspecified atom stereocenters. The average molecular weight is 633 g/mol. The summed E-state index contributed by atoms with van der Waals surface area (Å²) in [4.78, 5) is 21.6. The van der Waals surface area contributed by atoms with Gasteiger partial charge in [0.2, 0.25) is 5.95 Å². The number of fused-ring (bicyclic) bond motifs is 1. The molecule has 1 aliphatic heterocycles. The first-order valence-corrected chi connectivity index (χ1v) is 15.1. The van der Waals surface area contributed by atoms with Crippen LogP contribution >= 0.6 is 23.2 Å². The summed E-state index contributed by atoms with van der Waals surface area (Å²) in [6.07, 6.45) is -2.00. The van der Waals surface area contributed by atoms with E-state index in [1.807, 2.05) is 49.5 Å². The first-order valence-electron chi connectivity index (χ1n) is 14.3. The molecule has 11 heteroatoms. The number of benzene rings is 3. The molecule has 1 saturated heterocycles. The monoisotopic (exact) mass is 631 g/mol. The highest BCUT2D eigenvalue weighted by Gasteiger charge is 2.31. The maximum Gasteiger partial charge on any atom is 0.406 e. The number of carbonyl (C=O) groups is 1. The van der Waals surface area contributed by atoms with Gasteiger partial charge >= 0.3 is 6.18 Å².